The van der Waals surface area contributed by atoms with Crippen LogP contribution in [0.1, 0.15) is 38.3 Å². The van der Waals surface area contributed by atoms with Crippen molar-refractivity contribution in [3.8, 4) is 11.5 Å². The van der Waals surface area contributed by atoms with E-state index in [1.54, 1.807) is 24.4 Å². The van der Waals surface area contributed by atoms with Gasteiger partial charge >= 0.3 is 0 Å². The fourth-order valence-electron chi connectivity index (χ4n) is 4.44. The maximum atomic E-state index is 12.5. The summed E-state index contributed by atoms with van der Waals surface area (Å²) in [6, 6.07) is 8.42. The van der Waals surface area contributed by atoms with Gasteiger partial charge in [-0.25, -0.2) is 4.98 Å². The number of methoxy groups -OCH3 is 1. The van der Waals surface area contributed by atoms with Crippen molar-refractivity contribution in [1.29, 1.82) is 0 Å². The zero-order chi connectivity index (χ0) is 26.4. The number of nitrogens with one attached hydrogen (secondary N) is 2. The molecule has 0 aliphatic carbocycles. The predicted octanol–water partition coefficient (Wildman–Crippen LogP) is 1.59. The topological polar surface area (TPSA) is 148 Å². The molecule has 0 spiro atoms. The Morgan fingerprint density at radius 3 is 2.89 bits per heavy atom. The highest BCUT2D eigenvalue weighted by Gasteiger charge is 2.27. The molecule has 1 amide bonds. The normalized spacial score (nSPS) is 15.4. The summed E-state index contributed by atoms with van der Waals surface area (Å²) in [4.78, 5) is 32.9. The van der Waals surface area contributed by atoms with Gasteiger partial charge in [0.2, 0.25) is 0 Å². The van der Waals surface area contributed by atoms with E-state index >= 15 is 0 Å². The second-order valence-electron chi connectivity index (χ2n) is 9.24. The van der Waals surface area contributed by atoms with E-state index in [9.17, 15) is 19.8 Å². The third kappa shape index (κ3) is 6.24. The van der Waals surface area contributed by atoms with Crippen LogP contribution in [0.4, 0.5) is 5.82 Å². The van der Waals surface area contributed by atoms with Crippen molar-refractivity contribution in [2.75, 3.05) is 25.6 Å². The number of ether oxygens (including phenoxy) is 2. The Labute approximate surface area is 214 Å². The van der Waals surface area contributed by atoms with E-state index in [1.165, 1.54) is 17.7 Å². The third-order valence-electron chi connectivity index (χ3n) is 6.79. The summed E-state index contributed by atoms with van der Waals surface area (Å²) in [5.41, 5.74) is 1.16. The average Bonchev–Trinajstić information content (AvgIpc) is 2.91. The maximum Gasteiger partial charge on any atom is 0.263 e. The van der Waals surface area contributed by atoms with E-state index in [2.05, 4.69) is 20.6 Å². The van der Waals surface area contributed by atoms with Crippen LogP contribution in [0, 0.1) is 0 Å². The first-order chi connectivity index (χ1) is 17.9. The number of amides is 1. The highest BCUT2D eigenvalue weighted by atomic mass is 16.5. The van der Waals surface area contributed by atoms with Crippen LogP contribution in [0.25, 0.3) is 11.0 Å². The Balaban J connectivity index is 1.36. The molecule has 0 radical (unpaired) electrons. The lowest BCUT2D eigenvalue weighted by Crippen LogP contribution is -2.47. The minimum Gasteiger partial charge on any atom is -0.495 e. The van der Waals surface area contributed by atoms with Gasteiger partial charge in [0.05, 0.1) is 49.3 Å². The van der Waals surface area contributed by atoms with Crippen LogP contribution in [0.2, 0.25) is 0 Å². The third-order valence-corrected chi connectivity index (χ3v) is 6.79. The molecule has 37 heavy (non-hydrogen) atoms. The van der Waals surface area contributed by atoms with E-state index < -0.39 is 11.6 Å². The van der Waals surface area contributed by atoms with Gasteiger partial charge in [0.25, 0.3) is 11.5 Å². The minimum atomic E-state index is -0.756. The van der Waals surface area contributed by atoms with Gasteiger partial charge < -0.3 is 34.9 Å². The molecule has 0 saturated heterocycles. The van der Waals surface area contributed by atoms with E-state index in [-0.39, 0.29) is 31.2 Å². The number of hydrogen-bond donors (Lipinski definition) is 4. The van der Waals surface area contributed by atoms with Crippen LogP contribution in [-0.4, -0.2) is 62.6 Å². The standard InChI is InChI=1S/C26H33N5O6/c1-3-26(16-32,28-12-17-6-8-22-25(29-17)30-23(34)15-37-22)10-4-5-18(33)14-31-21-11-19(36-2)13-27-20(21)7-9-24(31)35/h6-9,11,13,18,28,32-33H,3-5,10,12,14-16H2,1-2H3,(H,29,30,34). The molecule has 2 atom stereocenters. The number of carbonyl (C=O) groups excluding carboxylic acids is 1. The second-order valence-corrected chi connectivity index (χ2v) is 9.24. The smallest absolute Gasteiger partial charge is 0.263 e. The van der Waals surface area contributed by atoms with Crippen LogP contribution in [-0.2, 0) is 17.9 Å². The summed E-state index contributed by atoms with van der Waals surface area (Å²) in [7, 11) is 1.53. The predicted molar refractivity (Wildman–Crippen MR) is 138 cm³/mol. The molecule has 4 N–H and O–H groups in total. The molecule has 3 aromatic heterocycles. The highest BCUT2D eigenvalue weighted by Crippen LogP contribution is 2.26. The van der Waals surface area contributed by atoms with Gasteiger partial charge in [-0.1, -0.05) is 6.92 Å². The molecule has 3 aromatic rings. The van der Waals surface area contributed by atoms with Crippen molar-refractivity contribution < 1.29 is 24.5 Å². The number of hydrogen-bond acceptors (Lipinski definition) is 9. The van der Waals surface area contributed by atoms with Crippen molar-refractivity contribution in [2.45, 2.75) is 57.3 Å². The molecule has 11 heteroatoms. The van der Waals surface area contributed by atoms with Gasteiger partial charge in [0.1, 0.15) is 5.75 Å². The molecule has 0 saturated carbocycles. The van der Waals surface area contributed by atoms with Gasteiger partial charge in [-0.05, 0) is 43.9 Å². The van der Waals surface area contributed by atoms with Crippen LogP contribution < -0.4 is 25.7 Å². The number of rotatable bonds is 12. The first-order valence-electron chi connectivity index (χ1n) is 12.4. The van der Waals surface area contributed by atoms with Crippen molar-refractivity contribution >= 4 is 22.8 Å². The van der Waals surface area contributed by atoms with Gasteiger partial charge in [0, 0.05) is 24.2 Å². The maximum absolute atomic E-state index is 12.5. The fourth-order valence-corrected chi connectivity index (χ4v) is 4.44. The first kappa shape index (κ1) is 26.5. The molecule has 4 rings (SSSR count). The number of anilines is 1. The molecular formula is C26H33N5O6. The van der Waals surface area contributed by atoms with Gasteiger partial charge in [0.15, 0.2) is 18.2 Å². The second kappa shape index (κ2) is 11.7. The SMILES string of the molecule is CCC(CO)(CCCC(O)Cn1c(=O)ccc2ncc(OC)cc21)NCc1ccc2c(n1)NC(=O)CO2. The van der Waals surface area contributed by atoms with Crippen molar-refractivity contribution in [3.63, 3.8) is 0 Å². The Morgan fingerprint density at radius 1 is 1.30 bits per heavy atom. The molecule has 11 nitrogen and oxygen atoms in total. The summed E-state index contributed by atoms with van der Waals surface area (Å²) >= 11 is 0. The van der Waals surface area contributed by atoms with Crippen molar-refractivity contribution in [3.05, 3.63) is 52.6 Å². The summed E-state index contributed by atoms with van der Waals surface area (Å²) < 4.78 is 12.1. The molecule has 0 aromatic carbocycles. The highest BCUT2D eigenvalue weighted by molar-refractivity contribution is 5.94. The van der Waals surface area contributed by atoms with Crippen LogP contribution in [0.5, 0.6) is 11.5 Å². The number of carbonyl (C=O) groups is 1. The van der Waals surface area contributed by atoms with Crippen LogP contribution >= 0.6 is 0 Å². The van der Waals surface area contributed by atoms with Crippen LogP contribution in [0.3, 0.4) is 0 Å². The average molecular weight is 512 g/mol. The van der Waals surface area contributed by atoms with Crippen molar-refractivity contribution in [1.82, 2.24) is 19.9 Å². The lowest BCUT2D eigenvalue weighted by Gasteiger charge is -2.32. The Bertz CT molecular complexity index is 1310. The molecule has 198 valence electrons. The molecular weight excluding hydrogens is 478 g/mol. The van der Waals surface area contributed by atoms with Crippen LogP contribution in [0.15, 0.2) is 41.3 Å². The quantitative estimate of drug-likeness (QED) is 0.284. The number of aliphatic hydroxyl groups is 2. The molecule has 1 aliphatic heterocycles. The number of aromatic nitrogens is 3. The van der Waals surface area contributed by atoms with Gasteiger partial charge in [-0.3, -0.25) is 14.6 Å². The van der Waals surface area contributed by atoms with Gasteiger partial charge in [-0.15, -0.1) is 0 Å². The molecule has 0 bridgehead atoms. The lowest BCUT2D eigenvalue weighted by molar-refractivity contribution is -0.118. The largest absolute Gasteiger partial charge is 0.495 e. The summed E-state index contributed by atoms with van der Waals surface area (Å²) in [6.45, 7) is 2.40. The number of nitrogens with zero attached hydrogens (tertiary/aromatic N) is 3. The zero-order valence-electron chi connectivity index (χ0n) is 21.1. The molecule has 1 aliphatic rings. The van der Waals surface area contributed by atoms with E-state index in [0.29, 0.717) is 66.3 Å². The molecule has 4 heterocycles. The Morgan fingerprint density at radius 2 is 2.14 bits per heavy atom. The summed E-state index contributed by atoms with van der Waals surface area (Å²) in [5.74, 6) is 1.21. The number of pyridine rings is 3. The Hall–Kier alpha value is -3.54. The lowest BCUT2D eigenvalue weighted by atomic mass is 9.89. The van der Waals surface area contributed by atoms with E-state index in [4.69, 9.17) is 9.47 Å². The van der Waals surface area contributed by atoms with Crippen molar-refractivity contribution in [2.24, 2.45) is 0 Å². The summed E-state index contributed by atoms with van der Waals surface area (Å²) in [5, 5.41) is 27.1. The fraction of sp³-hybridized carbons (Fsp3) is 0.462. The van der Waals surface area contributed by atoms with E-state index in [1.807, 2.05) is 13.0 Å². The first-order valence-corrected chi connectivity index (χ1v) is 12.4. The van der Waals surface area contributed by atoms with Gasteiger partial charge in [-0.2, -0.15) is 0 Å². The van der Waals surface area contributed by atoms with E-state index in [0.717, 1.165) is 0 Å². The Kier molecular flexibility index (Phi) is 8.37. The monoisotopic (exact) mass is 511 g/mol. The number of aliphatic hydroxyl groups excluding tert-OH is 2. The molecule has 0 fully saturated rings. The molecule has 2 unspecified atom stereocenters. The summed E-state index contributed by atoms with van der Waals surface area (Å²) in [6.07, 6.45) is 3.19. The minimum absolute atomic E-state index is 0.0260. The number of fused-ring (bicyclic) bond motifs is 2. The zero-order valence-corrected chi connectivity index (χ0v) is 21.1.